The van der Waals surface area contributed by atoms with Crippen molar-refractivity contribution in [1.29, 1.82) is 0 Å². The number of carbonyl (C=O) groups is 1. The maximum absolute atomic E-state index is 12.0. The second kappa shape index (κ2) is 6.10. The summed E-state index contributed by atoms with van der Waals surface area (Å²) >= 11 is 0. The Hall–Kier alpha value is -2.50. The number of hydrogen-bond acceptors (Lipinski definition) is 3. The molecule has 1 heterocycles. The van der Waals surface area contributed by atoms with E-state index in [2.05, 4.69) is 5.32 Å². The monoisotopic (exact) mass is 275 g/mol. The van der Waals surface area contributed by atoms with Crippen molar-refractivity contribution in [2.75, 3.05) is 12.4 Å². The van der Waals surface area contributed by atoms with Crippen molar-refractivity contribution in [3.63, 3.8) is 0 Å². The first-order chi connectivity index (χ1) is 9.65. The Morgan fingerprint density at radius 3 is 2.60 bits per heavy atom. The number of nitrogens with zero attached hydrogens (tertiary/aromatic N) is 2. The van der Waals surface area contributed by atoms with Gasteiger partial charge in [0.15, 0.2) is 0 Å². The first-order valence-electron chi connectivity index (χ1n) is 6.34. The second-order valence-electron chi connectivity index (χ2n) is 4.24. The number of rotatable bonds is 5. The minimum Gasteiger partial charge on any atom is -0.495 e. The summed E-state index contributed by atoms with van der Waals surface area (Å²) in [5.41, 5.74) is 0.394. The molecule has 0 fully saturated rings. The fourth-order valence-corrected chi connectivity index (χ4v) is 1.91. The van der Waals surface area contributed by atoms with E-state index in [0.29, 0.717) is 18.0 Å². The van der Waals surface area contributed by atoms with Crippen LogP contribution in [-0.4, -0.2) is 22.2 Å². The molecule has 20 heavy (non-hydrogen) atoms. The van der Waals surface area contributed by atoms with Gasteiger partial charge in [-0.2, -0.15) is 0 Å². The van der Waals surface area contributed by atoms with Crippen molar-refractivity contribution in [3.8, 4) is 5.75 Å². The fraction of sp³-hybridized carbons (Fsp3) is 0.286. The third kappa shape index (κ3) is 2.90. The summed E-state index contributed by atoms with van der Waals surface area (Å²) in [5, 5.41) is 2.73. The first kappa shape index (κ1) is 13.9. The van der Waals surface area contributed by atoms with E-state index >= 15 is 0 Å². The Morgan fingerprint density at radius 1 is 1.25 bits per heavy atom. The Labute approximate surface area is 116 Å². The van der Waals surface area contributed by atoms with Crippen LogP contribution in [0.3, 0.4) is 0 Å². The molecule has 0 atom stereocenters. The number of benzene rings is 1. The van der Waals surface area contributed by atoms with Crippen LogP contribution in [0.1, 0.15) is 6.92 Å². The number of carbonyl (C=O) groups excluding carboxylic acids is 1. The van der Waals surface area contributed by atoms with Crippen molar-refractivity contribution in [3.05, 3.63) is 47.1 Å². The van der Waals surface area contributed by atoms with Gasteiger partial charge in [0.1, 0.15) is 12.3 Å². The summed E-state index contributed by atoms with van der Waals surface area (Å²) in [6.45, 7) is 2.44. The van der Waals surface area contributed by atoms with Crippen molar-refractivity contribution in [2.45, 2.75) is 20.0 Å². The minimum atomic E-state index is -0.273. The molecule has 1 N–H and O–H groups in total. The van der Waals surface area contributed by atoms with Gasteiger partial charge in [0.2, 0.25) is 5.91 Å². The lowest BCUT2D eigenvalue weighted by Gasteiger charge is -2.09. The zero-order chi connectivity index (χ0) is 14.5. The van der Waals surface area contributed by atoms with Crippen LogP contribution in [0.15, 0.2) is 41.5 Å². The van der Waals surface area contributed by atoms with Gasteiger partial charge in [-0.15, -0.1) is 0 Å². The van der Waals surface area contributed by atoms with Gasteiger partial charge in [-0.25, -0.2) is 4.79 Å². The van der Waals surface area contributed by atoms with E-state index in [0.717, 1.165) is 0 Å². The van der Waals surface area contributed by atoms with E-state index in [1.807, 2.05) is 13.0 Å². The normalized spacial score (nSPS) is 10.3. The molecular formula is C14H17N3O3. The number of ether oxygens (including phenoxy) is 1. The Kier molecular flexibility index (Phi) is 4.24. The lowest BCUT2D eigenvalue weighted by Crippen LogP contribution is -2.28. The summed E-state index contributed by atoms with van der Waals surface area (Å²) in [6, 6.07) is 7.13. The smallest absolute Gasteiger partial charge is 0.328 e. The molecule has 6 nitrogen and oxygen atoms in total. The molecule has 0 spiro atoms. The van der Waals surface area contributed by atoms with Crippen molar-refractivity contribution >= 4 is 11.6 Å². The summed E-state index contributed by atoms with van der Waals surface area (Å²) < 4.78 is 8.06. The molecule has 0 radical (unpaired) electrons. The number of aryl methyl sites for hydroxylation is 1. The topological polar surface area (TPSA) is 65.3 Å². The van der Waals surface area contributed by atoms with Gasteiger partial charge in [-0.05, 0) is 19.1 Å². The molecule has 6 heteroatoms. The SMILES string of the molecule is CCn1ccn(CC(=O)Nc2ccccc2OC)c1=O. The average molecular weight is 275 g/mol. The van der Waals surface area contributed by atoms with Gasteiger partial charge in [-0.1, -0.05) is 12.1 Å². The molecule has 0 aliphatic rings. The van der Waals surface area contributed by atoms with Crippen LogP contribution in [0.2, 0.25) is 0 Å². The molecule has 0 unspecified atom stereocenters. The molecule has 1 aromatic carbocycles. The highest BCUT2D eigenvalue weighted by Gasteiger charge is 2.09. The van der Waals surface area contributed by atoms with Crippen LogP contribution in [0.5, 0.6) is 5.75 Å². The number of nitrogens with one attached hydrogen (secondary N) is 1. The molecule has 0 saturated carbocycles. The van der Waals surface area contributed by atoms with E-state index in [9.17, 15) is 9.59 Å². The molecule has 0 aliphatic carbocycles. The maximum atomic E-state index is 12.0. The van der Waals surface area contributed by atoms with Gasteiger partial charge in [0.05, 0.1) is 12.8 Å². The van der Waals surface area contributed by atoms with Crippen molar-refractivity contribution in [2.24, 2.45) is 0 Å². The molecular weight excluding hydrogens is 258 g/mol. The molecule has 0 bridgehead atoms. The molecule has 1 amide bonds. The number of para-hydroxylation sites is 2. The van der Waals surface area contributed by atoms with E-state index in [-0.39, 0.29) is 18.1 Å². The number of imidazole rings is 1. The van der Waals surface area contributed by atoms with E-state index in [1.54, 1.807) is 30.6 Å². The number of hydrogen-bond donors (Lipinski definition) is 1. The fourth-order valence-electron chi connectivity index (χ4n) is 1.91. The van der Waals surface area contributed by atoms with Crippen molar-refractivity contribution < 1.29 is 9.53 Å². The van der Waals surface area contributed by atoms with E-state index in [4.69, 9.17) is 4.74 Å². The lowest BCUT2D eigenvalue weighted by molar-refractivity contribution is -0.116. The van der Waals surface area contributed by atoms with Crippen LogP contribution in [0.4, 0.5) is 5.69 Å². The number of aromatic nitrogens is 2. The second-order valence-corrected chi connectivity index (χ2v) is 4.24. The van der Waals surface area contributed by atoms with Crippen molar-refractivity contribution in [1.82, 2.24) is 9.13 Å². The Balaban J connectivity index is 2.09. The zero-order valence-corrected chi connectivity index (χ0v) is 11.5. The minimum absolute atomic E-state index is 0.0239. The predicted octanol–water partition coefficient (Wildman–Crippen LogP) is 1.32. The molecule has 0 saturated heterocycles. The van der Waals surface area contributed by atoms with Gasteiger partial charge in [-0.3, -0.25) is 13.9 Å². The van der Waals surface area contributed by atoms with E-state index in [1.165, 1.54) is 16.2 Å². The largest absolute Gasteiger partial charge is 0.495 e. The third-order valence-corrected chi connectivity index (χ3v) is 2.95. The van der Waals surface area contributed by atoms with Gasteiger partial charge >= 0.3 is 5.69 Å². The zero-order valence-electron chi connectivity index (χ0n) is 11.5. The Bertz CT molecular complexity index is 658. The third-order valence-electron chi connectivity index (χ3n) is 2.95. The van der Waals surface area contributed by atoms with Crippen LogP contribution >= 0.6 is 0 Å². The maximum Gasteiger partial charge on any atom is 0.328 e. The molecule has 2 aromatic rings. The van der Waals surface area contributed by atoms with Gasteiger partial charge in [0.25, 0.3) is 0 Å². The lowest BCUT2D eigenvalue weighted by atomic mass is 10.3. The number of methoxy groups -OCH3 is 1. The Morgan fingerprint density at radius 2 is 1.95 bits per heavy atom. The van der Waals surface area contributed by atoms with Crippen LogP contribution < -0.4 is 15.7 Å². The standard InChI is InChI=1S/C14H17N3O3/c1-3-16-8-9-17(14(16)19)10-13(18)15-11-6-4-5-7-12(11)20-2/h4-9H,3,10H2,1-2H3,(H,15,18). The van der Waals surface area contributed by atoms with E-state index < -0.39 is 0 Å². The highest BCUT2D eigenvalue weighted by atomic mass is 16.5. The molecule has 1 aromatic heterocycles. The van der Waals surface area contributed by atoms with Crippen LogP contribution in [0.25, 0.3) is 0 Å². The molecule has 2 rings (SSSR count). The van der Waals surface area contributed by atoms with Crippen LogP contribution in [-0.2, 0) is 17.9 Å². The average Bonchev–Trinajstić information content (AvgIpc) is 2.80. The van der Waals surface area contributed by atoms with Gasteiger partial charge < -0.3 is 10.1 Å². The van der Waals surface area contributed by atoms with Gasteiger partial charge in [0, 0.05) is 18.9 Å². The summed E-state index contributed by atoms with van der Waals surface area (Å²) in [7, 11) is 1.54. The highest BCUT2D eigenvalue weighted by molar-refractivity contribution is 5.92. The quantitative estimate of drug-likeness (QED) is 0.895. The number of amides is 1. The molecule has 0 aliphatic heterocycles. The first-order valence-corrected chi connectivity index (χ1v) is 6.34. The number of anilines is 1. The summed E-state index contributed by atoms with van der Waals surface area (Å²) in [6.07, 6.45) is 3.27. The predicted molar refractivity (Wildman–Crippen MR) is 76.0 cm³/mol. The van der Waals surface area contributed by atoms with Crippen LogP contribution in [0, 0.1) is 0 Å². The summed E-state index contributed by atoms with van der Waals surface area (Å²) in [4.78, 5) is 23.8. The highest BCUT2D eigenvalue weighted by Crippen LogP contribution is 2.22. The molecule has 106 valence electrons. The summed E-state index contributed by atoms with van der Waals surface area (Å²) in [5.74, 6) is 0.310.